The first-order valence-electron chi connectivity index (χ1n) is 6.34. The molecule has 2 rings (SSSR count). The number of nitriles is 1. The fourth-order valence-electron chi connectivity index (χ4n) is 1.92. The fraction of sp³-hybridized carbons (Fsp3) is 0.143. The van der Waals surface area contributed by atoms with E-state index in [4.69, 9.17) is 5.26 Å². The lowest BCUT2D eigenvalue weighted by Gasteiger charge is -2.08. The van der Waals surface area contributed by atoms with Gasteiger partial charge in [-0.2, -0.15) is 5.26 Å². The normalized spacial score (nSPS) is 10.9. The number of benzene rings is 1. The van der Waals surface area contributed by atoms with E-state index < -0.39 is 16.1 Å². The molecule has 0 spiro atoms. The number of hydrogen-bond acceptors (Lipinski definition) is 4. The lowest BCUT2D eigenvalue weighted by Crippen LogP contribution is -2.14. The van der Waals surface area contributed by atoms with E-state index in [1.807, 2.05) is 6.07 Å². The monoisotopic (exact) mass is 319 g/mol. The van der Waals surface area contributed by atoms with E-state index in [1.54, 1.807) is 12.1 Å². The van der Waals surface area contributed by atoms with Gasteiger partial charge in [0, 0.05) is 5.69 Å². The summed E-state index contributed by atoms with van der Waals surface area (Å²) in [6.07, 6.45) is -1.26. The summed E-state index contributed by atoms with van der Waals surface area (Å²) in [5.41, 5.74) is 1.30. The molecular formula is C14H13N3O4S. The van der Waals surface area contributed by atoms with Crippen LogP contribution in [0.4, 0.5) is 10.5 Å². The molecule has 7 nitrogen and oxygen atoms in total. The molecular weight excluding hydrogens is 306 g/mol. The zero-order valence-corrected chi connectivity index (χ0v) is 12.5. The van der Waals surface area contributed by atoms with Crippen LogP contribution < -0.4 is 4.72 Å². The molecule has 0 bridgehead atoms. The Labute approximate surface area is 127 Å². The molecule has 0 aliphatic rings. The van der Waals surface area contributed by atoms with Gasteiger partial charge in [0.15, 0.2) is 0 Å². The second kappa shape index (κ2) is 5.91. The summed E-state index contributed by atoms with van der Waals surface area (Å²) in [7, 11) is -3.36. The van der Waals surface area contributed by atoms with Crippen molar-refractivity contribution in [2.24, 2.45) is 0 Å². The van der Waals surface area contributed by atoms with Gasteiger partial charge >= 0.3 is 6.09 Å². The smallest absolute Gasteiger partial charge is 0.417 e. The van der Waals surface area contributed by atoms with Crippen LogP contribution in [-0.2, 0) is 10.0 Å². The van der Waals surface area contributed by atoms with Gasteiger partial charge in [0.2, 0.25) is 10.0 Å². The molecule has 2 N–H and O–H groups in total. The van der Waals surface area contributed by atoms with Crippen molar-refractivity contribution < 1.29 is 18.3 Å². The predicted octanol–water partition coefficient (Wildman–Crippen LogP) is 2.31. The molecule has 0 atom stereocenters. The second-order valence-electron chi connectivity index (χ2n) is 4.42. The molecule has 0 fully saturated rings. The number of nitrogens with zero attached hydrogens (tertiary/aromatic N) is 2. The molecule has 0 unspecified atom stereocenters. The van der Waals surface area contributed by atoms with Crippen molar-refractivity contribution in [3.8, 4) is 17.3 Å². The molecule has 1 heterocycles. The highest BCUT2D eigenvalue weighted by molar-refractivity contribution is 7.92. The number of nitrogens with one attached hydrogen (secondary N) is 1. The van der Waals surface area contributed by atoms with Crippen molar-refractivity contribution in [2.75, 3.05) is 10.5 Å². The third kappa shape index (κ3) is 3.10. The van der Waals surface area contributed by atoms with Crippen molar-refractivity contribution in [3.05, 3.63) is 42.1 Å². The van der Waals surface area contributed by atoms with Gasteiger partial charge in [0.1, 0.15) is 11.8 Å². The highest BCUT2D eigenvalue weighted by Crippen LogP contribution is 2.24. The van der Waals surface area contributed by atoms with E-state index in [1.165, 1.54) is 31.2 Å². The summed E-state index contributed by atoms with van der Waals surface area (Å²) < 4.78 is 26.2. The van der Waals surface area contributed by atoms with Crippen LogP contribution in [0.3, 0.4) is 0 Å². The van der Waals surface area contributed by atoms with E-state index >= 15 is 0 Å². The Morgan fingerprint density at radius 1 is 1.27 bits per heavy atom. The van der Waals surface area contributed by atoms with E-state index in [9.17, 15) is 18.3 Å². The van der Waals surface area contributed by atoms with Crippen LogP contribution in [0, 0.1) is 11.3 Å². The van der Waals surface area contributed by atoms with Crippen LogP contribution >= 0.6 is 0 Å². The molecule has 22 heavy (non-hydrogen) atoms. The van der Waals surface area contributed by atoms with Crippen molar-refractivity contribution >= 4 is 21.8 Å². The third-order valence-electron chi connectivity index (χ3n) is 3.02. The minimum atomic E-state index is -3.36. The lowest BCUT2D eigenvalue weighted by molar-refractivity contribution is 0.196. The Morgan fingerprint density at radius 3 is 2.41 bits per heavy atom. The number of anilines is 1. The molecule has 1 aromatic heterocycles. The van der Waals surface area contributed by atoms with Gasteiger partial charge in [0.05, 0.1) is 11.4 Å². The largest absolute Gasteiger partial charge is 0.464 e. The SMILES string of the molecule is CCS(=O)(=O)Nc1ccc(-c2ccc(C#N)n2C(=O)O)cc1. The average molecular weight is 319 g/mol. The van der Waals surface area contributed by atoms with Gasteiger partial charge < -0.3 is 5.11 Å². The summed E-state index contributed by atoms with van der Waals surface area (Å²) >= 11 is 0. The number of sulfonamides is 1. The first kappa shape index (κ1) is 15.6. The van der Waals surface area contributed by atoms with Crippen molar-refractivity contribution in [1.82, 2.24) is 4.57 Å². The number of rotatable bonds is 4. The summed E-state index contributed by atoms with van der Waals surface area (Å²) in [5.74, 6) is -0.0395. The minimum Gasteiger partial charge on any atom is -0.464 e. The molecule has 1 aromatic carbocycles. The minimum absolute atomic E-state index is 0.0123. The zero-order chi connectivity index (χ0) is 16.3. The molecule has 8 heteroatoms. The van der Waals surface area contributed by atoms with Crippen LogP contribution in [0.25, 0.3) is 11.3 Å². The number of carboxylic acid groups (broad SMARTS) is 1. The quantitative estimate of drug-likeness (QED) is 0.898. The van der Waals surface area contributed by atoms with Crippen LogP contribution in [0.15, 0.2) is 36.4 Å². The van der Waals surface area contributed by atoms with Crippen LogP contribution in [-0.4, -0.2) is 29.9 Å². The topological polar surface area (TPSA) is 112 Å². The van der Waals surface area contributed by atoms with E-state index in [0.29, 0.717) is 16.9 Å². The maximum atomic E-state index is 11.5. The Kier molecular flexibility index (Phi) is 4.19. The van der Waals surface area contributed by atoms with E-state index in [2.05, 4.69) is 4.72 Å². The highest BCUT2D eigenvalue weighted by Gasteiger charge is 2.15. The summed E-state index contributed by atoms with van der Waals surface area (Å²) in [6.45, 7) is 1.53. The van der Waals surface area contributed by atoms with Gasteiger partial charge in [-0.25, -0.2) is 17.8 Å². The standard InChI is InChI=1S/C14H13N3O4S/c1-2-22(20,21)16-11-5-3-10(4-6-11)13-8-7-12(9-15)17(13)14(18)19/h3-8,16H,2H2,1H3,(H,18,19). The Bertz CT molecular complexity index is 845. The number of aromatic nitrogens is 1. The van der Waals surface area contributed by atoms with Crippen LogP contribution in [0.5, 0.6) is 0 Å². The summed E-state index contributed by atoms with van der Waals surface area (Å²) in [4.78, 5) is 11.2. The van der Waals surface area contributed by atoms with Crippen molar-refractivity contribution in [2.45, 2.75) is 6.92 Å². The molecule has 0 radical (unpaired) electrons. The Morgan fingerprint density at radius 2 is 1.91 bits per heavy atom. The van der Waals surface area contributed by atoms with Gasteiger partial charge in [0.25, 0.3) is 0 Å². The van der Waals surface area contributed by atoms with Gasteiger partial charge in [-0.3, -0.25) is 4.72 Å². The molecule has 0 saturated heterocycles. The number of carbonyl (C=O) groups is 1. The predicted molar refractivity (Wildman–Crippen MR) is 81.1 cm³/mol. The van der Waals surface area contributed by atoms with Gasteiger partial charge in [-0.05, 0) is 36.8 Å². The van der Waals surface area contributed by atoms with E-state index in [0.717, 1.165) is 4.57 Å². The first-order chi connectivity index (χ1) is 10.4. The first-order valence-corrected chi connectivity index (χ1v) is 7.99. The zero-order valence-electron chi connectivity index (χ0n) is 11.6. The van der Waals surface area contributed by atoms with Gasteiger partial charge in [-0.1, -0.05) is 12.1 Å². The molecule has 0 saturated carbocycles. The lowest BCUT2D eigenvalue weighted by atomic mass is 10.1. The third-order valence-corrected chi connectivity index (χ3v) is 4.33. The Balaban J connectivity index is 2.38. The molecule has 0 aliphatic heterocycles. The Hall–Kier alpha value is -2.79. The van der Waals surface area contributed by atoms with Gasteiger partial charge in [-0.15, -0.1) is 0 Å². The molecule has 114 valence electrons. The van der Waals surface area contributed by atoms with Crippen LogP contribution in [0.1, 0.15) is 12.6 Å². The summed E-state index contributed by atoms with van der Waals surface area (Å²) in [6, 6.07) is 11.0. The molecule has 0 amide bonds. The highest BCUT2D eigenvalue weighted by atomic mass is 32.2. The number of hydrogen-bond donors (Lipinski definition) is 2. The van der Waals surface area contributed by atoms with Crippen molar-refractivity contribution in [1.29, 1.82) is 5.26 Å². The fourth-order valence-corrected chi connectivity index (χ4v) is 2.56. The van der Waals surface area contributed by atoms with Crippen molar-refractivity contribution in [3.63, 3.8) is 0 Å². The average Bonchev–Trinajstić information content (AvgIpc) is 2.92. The summed E-state index contributed by atoms with van der Waals surface area (Å²) in [5, 5.41) is 18.1. The van der Waals surface area contributed by atoms with E-state index in [-0.39, 0.29) is 11.4 Å². The maximum Gasteiger partial charge on any atom is 0.417 e. The second-order valence-corrected chi connectivity index (χ2v) is 6.43. The molecule has 0 aliphatic carbocycles. The molecule has 2 aromatic rings. The maximum absolute atomic E-state index is 11.5. The van der Waals surface area contributed by atoms with Crippen LogP contribution in [0.2, 0.25) is 0 Å².